The standard InChI is InChI=1S/C29H24F3N5O3/c1-40-20-9-10-22-21(14-20)17(16-33-22)11-12-36-27(39)25(37-24-8-3-2-7-23(24)35-28(36)37)15-26(38)34-19-6-4-5-18(13-19)29(30,31)32/h2-10,13-14,16,25,33H,11-12,15H2,1H3,(H,34,38)/t25-/m1/s1. The molecule has 0 radical (unpaired) electrons. The SMILES string of the molecule is COc1ccc2[nH]cc(CCN3C(=O)[C@@H](CC(=O)Nc4cccc(C(F)(F)F)c4)n4c3nc3ccccc34)c2c1. The lowest BCUT2D eigenvalue weighted by atomic mass is 10.1. The molecule has 0 unspecified atom stereocenters. The van der Waals surface area contributed by atoms with E-state index in [0.717, 1.165) is 34.3 Å². The summed E-state index contributed by atoms with van der Waals surface area (Å²) in [6.07, 6.45) is -2.38. The van der Waals surface area contributed by atoms with E-state index in [1.54, 1.807) is 16.6 Å². The van der Waals surface area contributed by atoms with E-state index in [2.05, 4.69) is 15.3 Å². The van der Waals surface area contributed by atoms with Crippen molar-refractivity contribution in [2.24, 2.45) is 0 Å². The van der Waals surface area contributed by atoms with Crippen LogP contribution in [0.15, 0.2) is 72.9 Å². The Labute approximate surface area is 226 Å². The van der Waals surface area contributed by atoms with Crippen molar-refractivity contribution in [1.29, 1.82) is 0 Å². The highest BCUT2D eigenvalue weighted by Crippen LogP contribution is 2.37. The van der Waals surface area contributed by atoms with Gasteiger partial charge in [-0.3, -0.25) is 19.1 Å². The minimum absolute atomic E-state index is 0.00704. The van der Waals surface area contributed by atoms with Crippen LogP contribution in [0.2, 0.25) is 0 Å². The molecule has 204 valence electrons. The minimum atomic E-state index is -4.54. The Morgan fingerprint density at radius 3 is 2.73 bits per heavy atom. The average Bonchev–Trinajstić information content (AvgIpc) is 3.59. The second kappa shape index (κ2) is 9.74. The summed E-state index contributed by atoms with van der Waals surface area (Å²) in [6, 6.07) is 16.6. The summed E-state index contributed by atoms with van der Waals surface area (Å²) in [6.45, 7) is 0.318. The fourth-order valence-electron chi connectivity index (χ4n) is 5.19. The van der Waals surface area contributed by atoms with Crippen molar-refractivity contribution in [3.8, 4) is 5.75 Å². The summed E-state index contributed by atoms with van der Waals surface area (Å²) >= 11 is 0. The predicted octanol–water partition coefficient (Wildman–Crippen LogP) is 5.70. The molecule has 1 aliphatic rings. The third kappa shape index (κ3) is 4.53. The molecule has 0 saturated carbocycles. The maximum atomic E-state index is 13.7. The molecule has 0 bridgehead atoms. The molecule has 2 aromatic heterocycles. The van der Waals surface area contributed by atoms with Crippen LogP contribution >= 0.6 is 0 Å². The Bertz CT molecular complexity index is 1760. The number of hydrogen-bond donors (Lipinski definition) is 2. The number of rotatable bonds is 7. The molecule has 0 aliphatic carbocycles. The second-order valence-corrected chi connectivity index (χ2v) is 9.58. The number of nitrogens with one attached hydrogen (secondary N) is 2. The molecule has 0 spiro atoms. The van der Waals surface area contributed by atoms with Crippen LogP contribution in [-0.4, -0.2) is 40.0 Å². The third-order valence-corrected chi connectivity index (χ3v) is 7.11. The molecule has 2 amide bonds. The first-order valence-corrected chi connectivity index (χ1v) is 12.6. The van der Waals surface area contributed by atoms with Crippen LogP contribution in [0.5, 0.6) is 5.75 Å². The van der Waals surface area contributed by atoms with Gasteiger partial charge in [-0.15, -0.1) is 0 Å². The number of imidazole rings is 1. The molecule has 0 saturated heterocycles. The zero-order chi connectivity index (χ0) is 28.0. The van der Waals surface area contributed by atoms with Crippen molar-refractivity contribution >= 4 is 45.4 Å². The maximum Gasteiger partial charge on any atom is 0.416 e. The van der Waals surface area contributed by atoms with Gasteiger partial charge in [-0.1, -0.05) is 18.2 Å². The van der Waals surface area contributed by atoms with Crippen LogP contribution < -0.4 is 15.0 Å². The summed E-state index contributed by atoms with van der Waals surface area (Å²) in [4.78, 5) is 36.1. The molecular weight excluding hydrogens is 523 g/mol. The van der Waals surface area contributed by atoms with E-state index in [9.17, 15) is 22.8 Å². The Morgan fingerprint density at radius 2 is 1.93 bits per heavy atom. The molecule has 3 aromatic carbocycles. The van der Waals surface area contributed by atoms with Crippen molar-refractivity contribution in [2.75, 3.05) is 23.9 Å². The normalized spacial score (nSPS) is 15.2. The van der Waals surface area contributed by atoms with Gasteiger partial charge in [0, 0.05) is 29.3 Å². The van der Waals surface area contributed by atoms with Gasteiger partial charge in [0.05, 0.1) is 30.1 Å². The summed E-state index contributed by atoms with van der Waals surface area (Å²) in [5.74, 6) is 0.275. The first-order valence-electron chi connectivity index (χ1n) is 12.6. The number of benzene rings is 3. The van der Waals surface area contributed by atoms with Crippen molar-refractivity contribution in [2.45, 2.75) is 25.1 Å². The number of amides is 2. The van der Waals surface area contributed by atoms with Crippen LogP contribution in [0.3, 0.4) is 0 Å². The highest BCUT2D eigenvalue weighted by atomic mass is 19.4. The zero-order valence-corrected chi connectivity index (χ0v) is 21.3. The van der Waals surface area contributed by atoms with Gasteiger partial charge >= 0.3 is 6.18 Å². The van der Waals surface area contributed by atoms with Gasteiger partial charge in [-0.25, -0.2) is 4.98 Å². The molecule has 0 fully saturated rings. The number of H-pyrrole nitrogens is 1. The third-order valence-electron chi connectivity index (χ3n) is 7.11. The van der Waals surface area contributed by atoms with E-state index >= 15 is 0 Å². The van der Waals surface area contributed by atoms with E-state index in [0.29, 0.717) is 29.9 Å². The van der Waals surface area contributed by atoms with E-state index in [1.807, 2.05) is 48.7 Å². The number of para-hydroxylation sites is 2. The number of methoxy groups -OCH3 is 1. The number of ether oxygens (including phenoxy) is 1. The molecule has 5 aromatic rings. The molecule has 1 atom stereocenters. The first kappa shape index (κ1) is 25.5. The van der Waals surface area contributed by atoms with Gasteiger partial charge in [-0.05, 0) is 60.5 Å². The Balaban J connectivity index is 1.26. The Hall–Kier alpha value is -4.80. The van der Waals surface area contributed by atoms with E-state index < -0.39 is 23.7 Å². The number of aromatic nitrogens is 3. The van der Waals surface area contributed by atoms with Gasteiger partial charge in [0.25, 0.3) is 5.91 Å². The molecule has 8 nitrogen and oxygen atoms in total. The highest BCUT2D eigenvalue weighted by molar-refractivity contribution is 6.05. The quantitative estimate of drug-likeness (QED) is 0.273. The molecule has 2 N–H and O–H groups in total. The Kier molecular flexibility index (Phi) is 6.21. The number of nitrogens with zero attached hydrogens (tertiary/aromatic N) is 3. The van der Waals surface area contributed by atoms with Gasteiger partial charge in [0.1, 0.15) is 11.8 Å². The van der Waals surface area contributed by atoms with Crippen LogP contribution in [0, 0.1) is 0 Å². The van der Waals surface area contributed by atoms with Gasteiger partial charge < -0.3 is 15.0 Å². The van der Waals surface area contributed by atoms with E-state index in [-0.39, 0.29) is 18.0 Å². The molecule has 3 heterocycles. The fourth-order valence-corrected chi connectivity index (χ4v) is 5.19. The van der Waals surface area contributed by atoms with Gasteiger partial charge in [0.2, 0.25) is 11.9 Å². The van der Waals surface area contributed by atoms with Crippen LogP contribution in [0.4, 0.5) is 24.8 Å². The van der Waals surface area contributed by atoms with Gasteiger partial charge in [-0.2, -0.15) is 13.2 Å². The van der Waals surface area contributed by atoms with E-state index in [1.165, 1.54) is 12.1 Å². The summed E-state index contributed by atoms with van der Waals surface area (Å²) in [7, 11) is 1.60. The Morgan fingerprint density at radius 1 is 1.10 bits per heavy atom. The lowest BCUT2D eigenvalue weighted by molar-refractivity contribution is -0.137. The van der Waals surface area contributed by atoms with Crippen molar-refractivity contribution in [1.82, 2.24) is 14.5 Å². The molecule has 40 heavy (non-hydrogen) atoms. The molecule has 6 rings (SSSR count). The largest absolute Gasteiger partial charge is 0.497 e. The topological polar surface area (TPSA) is 92.2 Å². The number of anilines is 2. The van der Waals surface area contributed by atoms with Crippen molar-refractivity contribution in [3.63, 3.8) is 0 Å². The average molecular weight is 548 g/mol. The maximum absolute atomic E-state index is 13.7. The fraction of sp³-hybridized carbons (Fsp3) is 0.207. The minimum Gasteiger partial charge on any atom is -0.497 e. The number of alkyl halides is 3. The van der Waals surface area contributed by atoms with E-state index in [4.69, 9.17) is 4.74 Å². The predicted molar refractivity (Wildman–Crippen MR) is 144 cm³/mol. The number of halogens is 3. The lowest BCUT2D eigenvalue weighted by Gasteiger charge is -2.16. The monoisotopic (exact) mass is 547 g/mol. The summed E-state index contributed by atoms with van der Waals surface area (Å²) in [5.41, 5.74) is 2.45. The number of aromatic amines is 1. The first-order chi connectivity index (χ1) is 19.2. The van der Waals surface area contributed by atoms with Crippen LogP contribution in [0.1, 0.15) is 23.6 Å². The summed E-state index contributed by atoms with van der Waals surface area (Å²) in [5, 5.41) is 3.50. The number of carbonyl (C=O) groups is 2. The summed E-state index contributed by atoms with van der Waals surface area (Å²) < 4.78 is 46.5. The molecule has 1 aliphatic heterocycles. The molecular formula is C29H24F3N5O3. The second-order valence-electron chi connectivity index (χ2n) is 9.58. The number of carbonyl (C=O) groups excluding carboxylic acids is 2. The number of fused-ring (bicyclic) bond motifs is 4. The highest BCUT2D eigenvalue weighted by Gasteiger charge is 2.41. The number of hydrogen-bond acceptors (Lipinski definition) is 4. The van der Waals surface area contributed by atoms with Gasteiger partial charge in [0.15, 0.2) is 0 Å². The molecule has 11 heteroatoms. The van der Waals surface area contributed by atoms with Crippen LogP contribution in [-0.2, 0) is 22.2 Å². The smallest absolute Gasteiger partial charge is 0.416 e. The lowest BCUT2D eigenvalue weighted by Crippen LogP contribution is -2.33. The van der Waals surface area contributed by atoms with Crippen LogP contribution in [0.25, 0.3) is 21.9 Å². The van der Waals surface area contributed by atoms with Crippen molar-refractivity contribution < 1.29 is 27.5 Å². The van der Waals surface area contributed by atoms with Crippen molar-refractivity contribution in [3.05, 3.63) is 84.1 Å². The zero-order valence-electron chi connectivity index (χ0n) is 21.3.